The van der Waals surface area contributed by atoms with Gasteiger partial charge in [-0.3, -0.25) is 4.79 Å². The number of rotatable bonds is 4. The van der Waals surface area contributed by atoms with Crippen molar-refractivity contribution < 1.29 is 28.2 Å². The molecule has 7 heteroatoms. The van der Waals surface area contributed by atoms with Gasteiger partial charge in [0, 0.05) is 5.56 Å². The number of Topliss-reactive ketones (excluding diaryl/α,β-unsaturated/α-hetero) is 1. The maximum Gasteiger partial charge on any atom is 0.338 e. The van der Waals surface area contributed by atoms with Gasteiger partial charge >= 0.3 is 5.97 Å². The van der Waals surface area contributed by atoms with E-state index >= 15 is 0 Å². The minimum Gasteiger partial charge on any atom is -0.486 e. The van der Waals surface area contributed by atoms with Gasteiger partial charge in [-0.05, 0) is 24.3 Å². The summed E-state index contributed by atoms with van der Waals surface area (Å²) in [6.45, 7) is 0.215. The van der Waals surface area contributed by atoms with E-state index in [0.29, 0.717) is 24.7 Å². The van der Waals surface area contributed by atoms with Crippen LogP contribution in [0.15, 0.2) is 36.4 Å². The molecule has 0 saturated heterocycles. The van der Waals surface area contributed by atoms with Gasteiger partial charge in [0.1, 0.15) is 19.0 Å². The van der Waals surface area contributed by atoms with Gasteiger partial charge in [0.15, 0.2) is 23.9 Å². The molecule has 1 aliphatic rings. The third kappa shape index (κ3) is 3.49. The van der Waals surface area contributed by atoms with Crippen LogP contribution in [0.5, 0.6) is 11.5 Å². The van der Waals surface area contributed by atoms with Crippen LogP contribution in [0.3, 0.4) is 0 Å². The summed E-state index contributed by atoms with van der Waals surface area (Å²) in [5, 5.41) is 0.218. The molecule has 24 heavy (non-hydrogen) atoms. The molecule has 0 radical (unpaired) electrons. The van der Waals surface area contributed by atoms with Crippen LogP contribution in [0, 0.1) is 5.82 Å². The van der Waals surface area contributed by atoms with Gasteiger partial charge < -0.3 is 14.2 Å². The summed E-state index contributed by atoms with van der Waals surface area (Å²) in [7, 11) is 0. The monoisotopic (exact) mass is 350 g/mol. The number of ketones is 1. The molecule has 5 nitrogen and oxygen atoms in total. The number of fused-ring (bicyclic) bond motifs is 1. The molecule has 0 saturated carbocycles. The molecule has 0 atom stereocenters. The maximum atomic E-state index is 13.1. The van der Waals surface area contributed by atoms with Gasteiger partial charge in [0.2, 0.25) is 0 Å². The van der Waals surface area contributed by atoms with Gasteiger partial charge in [-0.1, -0.05) is 23.7 Å². The second-order valence-electron chi connectivity index (χ2n) is 4.99. The second-order valence-corrected chi connectivity index (χ2v) is 5.40. The lowest BCUT2D eigenvalue weighted by atomic mass is 10.1. The Hall–Kier alpha value is -2.60. The Balaban J connectivity index is 1.69. The van der Waals surface area contributed by atoms with Crippen LogP contribution in [-0.2, 0) is 4.74 Å². The highest BCUT2D eigenvalue weighted by molar-refractivity contribution is 6.32. The minimum absolute atomic E-state index is 0.128. The summed E-state index contributed by atoms with van der Waals surface area (Å²) in [6, 6.07) is 7.97. The fraction of sp³-hybridized carbons (Fsp3) is 0.176. The Labute approximate surface area is 141 Å². The molecule has 2 aromatic rings. The van der Waals surface area contributed by atoms with E-state index in [9.17, 15) is 14.0 Å². The van der Waals surface area contributed by atoms with Crippen LogP contribution in [0.25, 0.3) is 0 Å². The average Bonchev–Trinajstić information content (AvgIpc) is 2.59. The summed E-state index contributed by atoms with van der Waals surface area (Å²) in [5.41, 5.74) is 0.263. The number of halogens is 2. The zero-order valence-corrected chi connectivity index (χ0v) is 13.1. The summed E-state index contributed by atoms with van der Waals surface area (Å²) in [6.07, 6.45) is 0. The van der Waals surface area contributed by atoms with E-state index in [4.69, 9.17) is 25.8 Å². The summed E-state index contributed by atoms with van der Waals surface area (Å²) >= 11 is 6.05. The van der Waals surface area contributed by atoms with Crippen LogP contribution in [0.4, 0.5) is 4.39 Å². The lowest BCUT2D eigenvalue weighted by molar-refractivity contribution is 0.0474. The Morgan fingerprint density at radius 1 is 1.12 bits per heavy atom. The highest BCUT2D eigenvalue weighted by Crippen LogP contribution is 2.38. The van der Waals surface area contributed by atoms with Crippen molar-refractivity contribution in [3.8, 4) is 11.5 Å². The zero-order valence-electron chi connectivity index (χ0n) is 12.4. The zero-order chi connectivity index (χ0) is 17.1. The molecule has 0 fully saturated rings. The van der Waals surface area contributed by atoms with E-state index in [1.54, 1.807) is 0 Å². The highest BCUT2D eigenvalue weighted by atomic mass is 35.5. The van der Waals surface area contributed by atoms with E-state index in [1.807, 2.05) is 0 Å². The highest BCUT2D eigenvalue weighted by Gasteiger charge is 2.20. The standard InChI is InChI=1S/C17H12ClFO5/c18-13-7-11(8-15-16(13)23-5-4-22-15)17(21)24-9-14(20)10-2-1-3-12(19)6-10/h1-3,6-8H,4-5,9H2. The van der Waals surface area contributed by atoms with Crippen LogP contribution in [0.2, 0.25) is 5.02 Å². The lowest BCUT2D eigenvalue weighted by Gasteiger charge is -2.19. The van der Waals surface area contributed by atoms with E-state index in [2.05, 4.69) is 0 Å². The molecule has 2 aromatic carbocycles. The number of carbonyl (C=O) groups is 2. The first-order chi connectivity index (χ1) is 11.5. The largest absolute Gasteiger partial charge is 0.486 e. The second kappa shape index (κ2) is 6.88. The van der Waals surface area contributed by atoms with Crippen molar-refractivity contribution in [1.82, 2.24) is 0 Å². The molecule has 0 N–H and O–H groups in total. The van der Waals surface area contributed by atoms with Crippen molar-refractivity contribution in [3.05, 3.63) is 58.4 Å². The minimum atomic E-state index is -0.737. The predicted molar refractivity (Wildman–Crippen MR) is 83.5 cm³/mol. The van der Waals surface area contributed by atoms with Crippen LogP contribution in [0.1, 0.15) is 20.7 Å². The van der Waals surface area contributed by atoms with E-state index < -0.39 is 24.2 Å². The number of carbonyl (C=O) groups excluding carboxylic acids is 2. The molecule has 1 aliphatic heterocycles. The van der Waals surface area contributed by atoms with Crippen molar-refractivity contribution in [2.45, 2.75) is 0 Å². The quantitative estimate of drug-likeness (QED) is 0.625. The molecule has 3 rings (SSSR count). The average molecular weight is 351 g/mol. The van der Waals surface area contributed by atoms with Crippen LogP contribution < -0.4 is 9.47 Å². The first kappa shape index (κ1) is 16.3. The Morgan fingerprint density at radius 2 is 1.92 bits per heavy atom. The van der Waals surface area contributed by atoms with Gasteiger partial charge in [0.05, 0.1) is 10.6 Å². The smallest absolute Gasteiger partial charge is 0.338 e. The maximum absolute atomic E-state index is 13.1. The van der Waals surface area contributed by atoms with Gasteiger partial charge in [-0.25, -0.2) is 9.18 Å². The van der Waals surface area contributed by atoms with Crippen molar-refractivity contribution in [2.75, 3.05) is 19.8 Å². The van der Waals surface area contributed by atoms with Crippen LogP contribution >= 0.6 is 11.6 Å². The topological polar surface area (TPSA) is 61.8 Å². The Kier molecular flexibility index (Phi) is 4.66. The first-order valence-electron chi connectivity index (χ1n) is 7.09. The predicted octanol–water partition coefficient (Wildman–Crippen LogP) is 3.29. The van der Waals surface area contributed by atoms with Crippen molar-refractivity contribution in [2.24, 2.45) is 0 Å². The molecule has 1 heterocycles. The molecule has 0 spiro atoms. The summed E-state index contributed by atoms with van der Waals surface area (Å²) in [4.78, 5) is 24.0. The number of hydrogen-bond donors (Lipinski definition) is 0. The molecule has 0 unspecified atom stereocenters. The van der Waals surface area contributed by atoms with Crippen molar-refractivity contribution in [1.29, 1.82) is 0 Å². The number of benzene rings is 2. The number of hydrogen-bond acceptors (Lipinski definition) is 5. The molecule has 0 aromatic heterocycles. The molecular weight excluding hydrogens is 339 g/mol. The third-order valence-electron chi connectivity index (χ3n) is 3.31. The number of esters is 1. The normalized spacial score (nSPS) is 12.6. The summed E-state index contributed by atoms with van der Waals surface area (Å²) in [5.74, 6) is -1.07. The number of ether oxygens (including phenoxy) is 3. The van der Waals surface area contributed by atoms with Crippen LogP contribution in [-0.4, -0.2) is 31.6 Å². The summed E-state index contributed by atoms with van der Waals surface area (Å²) < 4.78 is 28.8. The SMILES string of the molecule is O=C(COC(=O)c1cc(Cl)c2c(c1)OCCO2)c1cccc(F)c1. The molecule has 0 bridgehead atoms. The Morgan fingerprint density at radius 3 is 2.71 bits per heavy atom. The molecule has 124 valence electrons. The van der Waals surface area contributed by atoms with Crippen molar-refractivity contribution in [3.63, 3.8) is 0 Å². The fourth-order valence-corrected chi connectivity index (χ4v) is 2.45. The van der Waals surface area contributed by atoms with Gasteiger partial charge in [0.25, 0.3) is 0 Å². The fourth-order valence-electron chi connectivity index (χ4n) is 2.19. The molecule has 0 amide bonds. The van der Waals surface area contributed by atoms with E-state index in [0.717, 1.165) is 6.07 Å². The van der Waals surface area contributed by atoms with Gasteiger partial charge in [-0.15, -0.1) is 0 Å². The Bertz CT molecular complexity index is 806. The van der Waals surface area contributed by atoms with Crippen molar-refractivity contribution >= 4 is 23.4 Å². The molecule has 0 aliphatic carbocycles. The van der Waals surface area contributed by atoms with E-state index in [1.165, 1.54) is 30.3 Å². The first-order valence-corrected chi connectivity index (χ1v) is 7.47. The van der Waals surface area contributed by atoms with E-state index in [-0.39, 0.29) is 16.1 Å². The lowest BCUT2D eigenvalue weighted by Crippen LogP contribution is -2.17. The molecular formula is C17H12ClFO5. The third-order valence-corrected chi connectivity index (χ3v) is 3.59. The van der Waals surface area contributed by atoms with Gasteiger partial charge in [-0.2, -0.15) is 0 Å².